The van der Waals surface area contributed by atoms with Crippen LogP contribution in [0, 0.1) is 0 Å². The lowest BCUT2D eigenvalue weighted by atomic mass is 9.97. The standard InChI is InChI=1S/C58H39NO/c1-4-17-53-43(10-1)13-8-19-55(53)45-28-34-51(35-29-45)59(52-36-30-46(31-37-52)56-20-9-14-44-11-2-5-18-54(44)56)50-32-26-41(27-33-50)40-22-24-42(25-23-40)47-15-7-16-48(38-47)58-39-49-12-3-6-21-57(49)60-58/h1-39H. The molecule has 0 aliphatic heterocycles. The molecule has 0 aliphatic carbocycles. The zero-order valence-electron chi connectivity index (χ0n) is 32.9. The maximum absolute atomic E-state index is 6.18. The van der Waals surface area contributed by atoms with Gasteiger partial charge in [-0.2, -0.15) is 0 Å². The van der Waals surface area contributed by atoms with Crippen LogP contribution in [0.4, 0.5) is 17.1 Å². The van der Waals surface area contributed by atoms with Crippen molar-refractivity contribution in [3.05, 3.63) is 237 Å². The number of furan rings is 1. The SMILES string of the molecule is c1cc(-c2ccc(-c3ccc(N(c4ccc(-c5cccc6ccccc56)cc4)c4ccc(-c5cccc6ccccc56)cc4)cc3)cc2)cc(-c2cc3ccccc3o2)c1. The molecule has 1 aromatic heterocycles. The largest absolute Gasteiger partial charge is 0.456 e. The van der Waals surface area contributed by atoms with Gasteiger partial charge in [-0.15, -0.1) is 0 Å². The highest BCUT2D eigenvalue weighted by Gasteiger charge is 2.15. The van der Waals surface area contributed by atoms with Crippen molar-refractivity contribution in [3.63, 3.8) is 0 Å². The van der Waals surface area contributed by atoms with Gasteiger partial charge in [0.05, 0.1) is 0 Å². The number of fused-ring (bicyclic) bond motifs is 3. The number of rotatable bonds is 8. The van der Waals surface area contributed by atoms with Crippen molar-refractivity contribution in [2.24, 2.45) is 0 Å². The van der Waals surface area contributed by atoms with Crippen LogP contribution < -0.4 is 4.90 Å². The van der Waals surface area contributed by atoms with E-state index in [9.17, 15) is 0 Å². The monoisotopic (exact) mass is 765 g/mol. The number of hydrogen-bond donors (Lipinski definition) is 0. The predicted octanol–water partition coefficient (Wildman–Crippen LogP) is 16.5. The zero-order chi connectivity index (χ0) is 39.8. The van der Waals surface area contributed by atoms with Gasteiger partial charge in [0.2, 0.25) is 0 Å². The highest BCUT2D eigenvalue weighted by molar-refractivity contribution is 5.98. The van der Waals surface area contributed by atoms with Gasteiger partial charge in [0.15, 0.2) is 0 Å². The van der Waals surface area contributed by atoms with Crippen molar-refractivity contribution in [1.29, 1.82) is 0 Å². The first-order valence-corrected chi connectivity index (χ1v) is 20.5. The molecule has 0 bridgehead atoms. The molecule has 11 rings (SSSR count). The van der Waals surface area contributed by atoms with Crippen LogP contribution in [0.2, 0.25) is 0 Å². The Morgan fingerprint density at radius 1 is 0.267 bits per heavy atom. The van der Waals surface area contributed by atoms with Crippen LogP contribution in [0.3, 0.4) is 0 Å². The Bertz CT molecular complexity index is 3120. The first-order chi connectivity index (χ1) is 29.7. The van der Waals surface area contributed by atoms with E-state index in [0.717, 1.165) is 44.9 Å². The summed E-state index contributed by atoms with van der Waals surface area (Å²) >= 11 is 0. The number of nitrogens with zero attached hydrogens (tertiary/aromatic N) is 1. The first kappa shape index (κ1) is 35.2. The minimum Gasteiger partial charge on any atom is -0.456 e. The minimum atomic E-state index is 0.880. The highest BCUT2D eigenvalue weighted by Crippen LogP contribution is 2.40. The molecular formula is C58H39NO. The Labute approximate surface area is 349 Å². The second-order valence-electron chi connectivity index (χ2n) is 15.3. The molecule has 0 unspecified atom stereocenters. The molecule has 1 heterocycles. The van der Waals surface area contributed by atoms with E-state index in [1.54, 1.807) is 0 Å². The van der Waals surface area contributed by atoms with Crippen LogP contribution in [0.15, 0.2) is 241 Å². The Hall–Kier alpha value is -7.94. The molecular weight excluding hydrogens is 727 g/mol. The van der Waals surface area contributed by atoms with E-state index in [1.165, 1.54) is 60.5 Å². The summed E-state index contributed by atoms with van der Waals surface area (Å²) in [6.45, 7) is 0. The van der Waals surface area contributed by atoms with Gasteiger partial charge >= 0.3 is 0 Å². The van der Waals surface area contributed by atoms with E-state index < -0.39 is 0 Å². The van der Waals surface area contributed by atoms with Crippen LogP contribution >= 0.6 is 0 Å². The maximum atomic E-state index is 6.18. The van der Waals surface area contributed by atoms with Gasteiger partial charge in [-0.05, 0) is 121 Å². The lowest BCUT2D eigenvalue weighted by Crippen LogP contribution is -2.09. The Morgan fingerprint density at radius 2 is 0.667 bits per heavy atom. The number of para-hydroxylation sites is 1. The molecule has 0 fully saturated rings. The van der Waals surface area contributed by atoms with E-state index in [-0.39, 0.29) is 0 Å². The van der Waals surface area contributed by atoms with Crippen LogP contribution in [0.1, 0.15) is 0 Å². The van der Waals surface area contributed by atoms with Crippen molar-refractivity contribution in [1.82, 2.24) is 0 Å². The van der Waals surface area contributed by atoms with Crippen LogP contribution in [0.25, 0.3) is 88.3 Å². The van der Waals surface area contributed by atoms with Gasteiger partial charge in [0, 0.05) is 28.0 Å². The fourth-order valence-corrected chi connectivity index (χ4v) is 8.62. The molecule has 0 spiro atoms. The molecule has 0 radical (unpaired) electrons. The molecule has 60 heavy (non-hydrogen) atoms. The van der Waals surface area contributed by atoms with Crippen molar-refractivity contribution < 1.29 is 4.42 Å². The molecule has 10 aromatic carbocycles. The van der Waals surface area contributed by atoms with Crippen LogP contribution in [-0.4, -0.2) is 0 Å². The summed E-state index contributed by atoms with van der Waals surface area (Å²) in [7, 11) is 0. The smallest absolute Gasteiger partial charge is 0.135 e. The summed E-state index contributed by atoms with van der Waals surface area (Å²) in [5.41, 5.74) is 14.8. The van der Waals surface area contributed by atoms with Gasteiger partial charge in [0.1, 0.15) is 11.3 Å². The Kier molecular flexibility index (Phi) is 8.87. The predicted molar refractivity (Wildman–Crippen MR) is 253 cm³/mol. The fourth-order valence-electron chi connectivity index (χ4n) is 8.62. The van der Waals surface area contributed by atoms with Gasteiger partial charge in [0.25, 0.3) is 0 Å². The second-order valence-corrected chi connectivity index (χ2v) is 15.3. The summed E-state index contributed by atoms with van der Waals surface area (Å²) in [6.07, 6.45) is 0. The molecule has 282 valence electrons. The maximum Gasteiger partial charge on any atom is 0.135 e. The van der Waals surface area contributed by atoms with Gasteiger partial charge < -0.3 is 9.32 Å². The lowest BCUT2D eigenvalue weighted by molar-refractivity contribution is 0.631. The molecule has 11 aromatic rings. The van der Waals surface area contributed by atoms with E-state index in [2.05, 4.69) is 223 Å². The minimum absolute atomic E-state index is 0.880. The van der Waals surface area contributed by atoms with E-state index in [1.807, 2.05) is 18.2 Å². The molecule has 2 nitrogen and oxygen atoms in total. The van der Waals surface area contributed by atoms with E-state index in [4.69, 9.17) is 4.42 Å². The summed E-state index contributed by atoms with van der Waals surface area (Å²) in [5, 5.41) is 6.12. The molecule has 0 N–H and O–H groups in total. The van der Waals surface area contributed by atoms with Gasteiger partial charge in [-0.25, -0.2) is 0 Å². The third-order valence-electron chi connectivity index (χ3n) is 11.7. The van der Waals surface area contributed by atoms with E-state index >= 15 is 0 Å². The number of benzene rings is 10. The quantitative estimate of drug-likeness (QED) is 0.153. The van der Waals surface area contributed by atoms with Crippen molar-refractivity contribution in [2.45, 2.75) is 0 Å². The number of hydrogen-bond acceptors (Lipinski definition) is 2. The Balaban J connectivity index is 0.913. The van der Waals surface area contributed by atoms with E-state index in [0.29, 0.717) is 0 Å². The average Bonchev–Trinajstić information content (AvgIpc) is 3.77. The van der Waals surface area contributed by atoms with Gasteiger partial charge in [-0.3, -0.25) is 0 Å². The molecule has 2 heteroatoms. The first-order valence-electron chi connectivity index (χ1n) is 20.5. The third kappa shape index (κ3) is 6.61. The average molecular weight is 766 g/mol. The molecule has 0 atom stereocenters. The summed E-state index contributed by atoms with van der Waals surface area (Å²) in [4.78, 5) is 2.35. The summed E-state index contributed by atoms with van der Waals surface area (Å²) in [5.74, 6) is 0.880. The molecule has 0 amide bonds. The lowest BCUT2D eigenvalue weighted by Gasteiger charge is -2.26. The molecule has 0 saturated heterocycles. The fraction of sp³-hybridized carbons (Fsp3) is 0. The summed E-state index contributed by atoms with van der Waals surface area (Å²) < 4.78 is 6.18. The number of anilines is 3. The molecule has 0 aliphatic rings. The molecule has 0 saturated carbocycles. The Morgan fingerprint density at radius 3 is 1.20 bits per heavy atom. The zero-order valence-corrected chi connectivity index (χ0v) is 32.9. The van der Waals surface area contributed by atoms with Crippen molar-refractivity contribution in [2.75, 3.05) is 4.90 Å². The van der Waals surface area contributed by atoms with Crippen molar-refractivity contribution in [3.8, 4) is 55.8 Å². The summed E-state index contributed by atoms with van der Waals surface area (Å²) in [6, 6.07) is 84.9. The topological polar surface area (TPSA) is 16.4 Å². The van der Waals surface area contributed by atoms with Crippen LogP contribution in [-0.2, 0) is 0 Å². The van der Waals surface area contributed by atoms with Gasteiger partial charge in [-0.1, -0.05) is 182 Å². The third-order valence-corrected chi connectivity index (χ3v) is 11.7. The normalized spacial score (nSPS) is 11.3. The van der Waals surface area contributed by atoms with Crippen molar-refractivity contribution >= 4 is 49.6 Å². The second kappa shape index (κ2) is 15.1. The van der Waals surface area contributed by atoms with Crippen LogP contribution in [0.5, 0.6) is 0 Å². The highest BCUT2D eigenvalue weighted by atomic mass is 16.3.